The minimum absolute atomic E-state index is 0.0683. The van der Waals surface area contributed by atoms with E-state index in [2.05, 4.69) is 6.92 Å². The first kappa shape index (κ1) is 18.5. The molecule has 1 saturated heterocycles. The standard InChI is InChI=1S/C20H30N2O2/c1-4-18(16-10-8-7-9-11-16)20(24)22-14-12-17(13-15-22)19(23)21(5-2)6-3/h7-11,17-18H,4-6,12-15H2,1-3H3/t18-/m0/s1. The zero-order valence-electron chi connectivity index (χ0n) is 15.2. The predicted octanol–water partition coefficient (Wildman–Crippen LogP) is 3.29. The molecule has 1 heterocycles. The number of likely N-dealkylation sites (tertiary alicyclic amines) is 1. The number of nitrogens with zero attached hydrogens (tertiary/aromatic N) is 2. The zero-order chi connectivity index (χ0) is 17.5. The van der Waals surface area contributed by atoms with Crippen molar-refractivity contribution in [1.29, 1.82) is 0 Å². The molecule has 132 valence electrons. The first-order valence-electron chi connectivity index (χ1n) is 9.24. The van der Waals surface area contributed by atoms with Crippen LogP contribution < -0.4 is 0 Å². The van der Waals surface area contributed by atoms with E-state index in [9.17, 15) is 9.59 Å². The van der Waals surface area contributed by atoms with Gasteiger partial charge in [-0.2, -0.15) is 0 Å². The second-order valence-electron chi connectivity index (χ2n) is 6.48. The van der Waals surface area contributed by atoms with E-state index in [0.29, 0.717) is 13.1 Å². The Hall–Kier alpha value is -1.84. The highest BCUT2D eigenvalue weighted by atomic mass is 16.2. The van der Waals surface area contributed by atoms with E-state index in [1.165, 1.54) is 0 Å². The van der Waals surface area contributed by atoms with Gasteiger partial charge in [0.15, 0.2) is 0 Å². The van der Waals surface area contributed by atoms with Gasteiger partial charge in [0.25, 0.3) is 0 Å². The number of amides is 2. The minimum atomic E-state index is -0.0683. The van der Waals surface area contributed by atoms with Crippen molar-refractivity contribution in [2.75, 3.05) is 26.2 Å². The molecule has 0 N–H and O–H groups in total. The van der Waals surface area contributed by atoms with Crippen LogP contribution in [0.2, 0.25) is 0 Å². The molecule has 0 spiro atoms. The third-order valence-corrected chi connectivity index (χ3v) is 5.14. The van der Waals surface area contributed by atoms with Crippen LogP contribution in [0.4, 0.5) is 0 Å². The van der Waals surface area contributed by atoms with Crippen LogP contribution in [0, 0.1) is 5.92 Å². The summed E-state index contributed by atoms with van der Waals surface area (Å²) in [6.07, 6.45) is 2.37. The molecule has 0 saturated carbocycles. The van der Waals surface area contributed by atoms with E-state index in [4.69, 9.17) is 0 Å². The first-order chi connectivity index (χ1) is 11.6. The van der Waals surface area contributed by atoms with Crippen molar-refractivity contribution in [1.82, 2.24) is 9.80 Å². The molecule has 0 bridgehead atoms. The molecule has 2 amide bonds. The lowest BCUT2D eigenvalue weighted by molar-refractivity contribution is -0.141. The molecule has 0 unspecified atom stereocenters. The van der Waals surface area contributed by atoms with Crippen molar-refractivity contribution in [3.8, 4) is 0 Å². The molecule has 1 aromatic carbocycles. The molecule has 24 heavy (non-hydrogen) atoms. The van der Waals surface area contributed by atoms with Crippen molar-refractivity contribution in [3.05, 3.63) is 35.9 Å². The molecule has 0 radical (unpaired) electrons. The molecular weight excluding hydrogens is 300 g/mol. The minimum Gasteiger partial charge on any atom is -0.343 e. The smallest absolute Gasteiger partial charge is 0.230 e. The Bertz CT molecular complexity index is 532. The maximum absolute atomic E-state index is 12.9. The predicted molar refractivity (Wildman–Crippen MR) is 96.7 cm³/mol. The molecule has 1 aliphatic heterocycles. The second kappa shape index (κ2) is 8.86. The van der Waals surface area contributed by atoms with Gasteiger partial charge in [-0.1, -0.05) is 37.3 Å². The van der Waals surface area contributed by atoms with E-state index in [0.717, 1.165) is 37.9 Å². The van der Waals surface area contributed by atoms with Gasteiger partial charge in [0.2, 0.25) is 11.8 Å². The molecule has 4 heteroatoms. The third-order valence-electron chi connectivity index (χ3n) is 5.14. The zero-order valence-corrected chi connectivity index (χ0v) is 15.2. The van der Waals surface area contributed by atoms with Crippen molar-refractivity contribution < 1.29 is 9.59 Å². The quantitative estimate of drug-likeness (QED) is 0.803. The summed E-state index contributed by atoms with van der Waals surface area (Å²) in [6.45, 7) is 9.02. The Kier molecular flexibility index (Phi) is 6.83. The lowest BCUT2D eigenvalue weighted by Gasteiger charge is -2.35. The number of carbonyl (C=O) groups excluding carboxylic acids is 2. The average molecular weight is 330 g/mol. The number of hydrogen-bond donors (Lipinski definition) is 0. The summed E-state index contributed by atoms with van der Waals surface area (Å²) in [7, 11) is 0. The van der Waals surface area contributed by atoms with Crippen molar-refractivity contribution in [3.63, 3.8) is 0 Å². The van der Waals surface area contributed by atoms with Crippen LogP contribution in [0.15, 0.2) is 30.3 Å². The third kappa shape index (κ3) is 4.16. The van der Waals surface area contributed by atoms with Crippen LogP contribution in [0.5, 0.6) is 0 Å². The molecular formula is C20H30N2O2. The van der Waals surface area contributed by atoms with E-state index in [1.54, 1.807) is 0 Å². The fourth-order valence-corrected chi connectivity index (χ4v) is 3.60. The van der Waals surface area contributed by atoms with E-state index in [-0.39, 0.29) is 23.7 Å². The Morgan fingerprint density at radius 3 is 2.17 bits per heavy atom. The number of benzene rings is 1. The highest BCUT2D eigenvalue weighted by molar-refractivity contribution is 5.84. The number of hydrogen-bond acceptors (Lipinski definition) is 2. The van der Waals surface area contributed by atoms with E-state index >= 15 is 0 Å². The van der Waals surface area contributed by atoms with Gasteiger partial charge in [-0.05, 0) is 38.7 Å². The molecule has 0 aromatic heterocycles. The summed E-state index contributed by atoms with van der Waals surface area (Å²) in [5.74, 6) is 0.464. The van der Waals surface area contributed by atoms with Gasteiger partial charge >= 0.3 is 0 Å². The van der Waals surface area contributed by atoms with Gasteiger partial charge in [0.05, 0.1) is 5.92 Å². The van der Waals surface area contributed by atoms with Gasteiger partial charge < -0.3 is 9.80 Å². The lowest BCUT2D eigenvalue weighted by atomic mass is 9.91. The molecule has 1 aliphatic rings. The molecule has 1 aromatic rings. The summed E-state index contributed by atoms with van der Waals surface area (Å²) in [5.41, 5.74) is 1.09. The summed E-state index contributed by atoms with van der Waals surface area (Å²) in [6, 6.07) is 10.0. The number of piperidine rings is 1. The normalized spacial score (nSPS) is 16.7. The Balaban J connectivity index is 1.96. The topological polar surface area (TPSA) is 40.6 Å². The Labute approximate surface area is 145 Å². The molecule has 4 nitrogen and oxygen atoms in total. The van der Waals surface area contributed by atoms with Crippen molar-refractivity contribution in [2.45, 2.75) is 46.0 Å². The SMILES string of the molecule is CC[C@H](C(=O)N1CCC(C(=O)N(CC)CC)CC1)c1ccccc1. The second-order valence-corrected chi connectivity index (χ2v) is 6.48. The first-order valence-corrected chi connectivity index (χ1v) is 9.24. The van der Waals surface area contributed by atoms with E-state index in [1.807, 2.05) is 54.0 Å². The van der Waals surface area contributed by atoms with Gasteiger partial charge in [0.1, 0.15) is 0 Å². The summed E-state index contributed by atoms with van der Waals surface area (Å²) >= 11 is 0. The van der Waals surface area contributed by atoms with Gasteiger partial charge in [-0.25, -0.2) is 0 Å². The monoisotopic (exact) mass is 330 g/mol. The number of carbonyl (C=O) groups is 2. The molecule has 0 aliphatic carbocycles. The highest BCUT2D eigenvalue weighted by Crippen LogP contribution is 2.26. The van der Waals surface area contributed by atoms with Crippen molar-refractivity contribution >= 4 is 11.8 Å². The maximum atomic E-state index is 12.9. The van der Waals surface area contributed by atoms with Crippen molar-refractivity contribution in [2.24, 2.45) is 5.92 Å². The largest absolute Gasteiger partial charge is 0.343 e. The van der Waals surface area contributed by atoms with Crippen LogP contribution in [0.1, 0.15) is 51.5 Å². The van der Waals surface area contributed by atoms with Crippen LogP contribution in [-0.4, -0.2) is 47.8 Å². The van der Waals surface area contributed by atoms with Crippen LogP contribution in [0.3, 0.4) is 0 Å². The van der Waals surface area contributed by atoms with Crippen LogP contribution in [-0.2, 0) is 9.59 Å². The fraction of sp³-hybridized carbons (Fsp3) is 0.600. The van der Waals surface area contributed by atoms with Crippen LogP contribution in [0.25, 0.3) is 0 Å². The average Bonchev–Trinajstić information content (AvgIpc) is 2.64. The summed E-state index contributed by atoms with van der Waals surface area (Å²) in [4.78, 5) is 29.2. The summed E-state index contributed by atoms with van der Waals surface area (Å²) in [5, 5.41) is 0. The Morgan fingerprint density at radius 2 is 1.67 bits per heavy atom. The summed E-state index contributed by atoms with van der Waals surface area (Å²) < 4.78 is 0. The maximum Gasteiger partial charge on any atom is 0.230 e. The lowest BCUT2D eigenvalue weighted by Crippen LogP contribution is -2.45. The van der Waals surface area contributed by atoms with Gasteiger partial charge in [0, 0.05) is 32.1 Å². The fourth-order valence-electron chi connectivity index (χ4n) is 3.60. The molecule has 1 atom stereocenters. The van der Waals surface area contributed by atoms with E-state index < -0.39 is 0 Å². The molecule has 2 rings (SSSR count). The molecule has 1 fully saturated rings. The Morgan fingerprint density at radius 1 is 1.08 bits per heavy atom. The number of rotatable bonds is 6. The van der Waals surface area contributed by atoms with Gasteiger partial charge in [-0.15, -0.1) is 0 Å². The van der Waals surface area contributed by atoms with Crippen LogP contribution >= 0.6 is 0 Å². The highest BCUT2D eigenvalue weighted by Gasteiger charge is 2.31. The van der Waals surface area contributed by atoms with Gasteiger partial charge in [-0.3, -0.25) is 9.59 Å².